The van der Waals surface area contributed by atoms with E-state index < -0.39 is 0 Å². The summed E-state index contributed by atoms with van der Waals surface area (Å²) in [5, 5.41) is 12.2. The second kappa shape index (κ2) is 5.86. The largest absolute Gasteiger partial charge is 0.496 e. The second-order valence-corrected chi connectivity index (χ2v) is 6.59. The molecule has 0 fully saturated rings. The number of benzene rings is 1. The summed E-state index contributed by atoms with van der Waals surface area (Å²) in [6.45, 7) is 0.661. The Morgan fingerprint density at radius 3 is 3.08 bits per heavy atom. The van der Waals surface area contributed by atoms with Crippen LogP contribution in [-0.4, -0.2) is 23.1 Å². The number of ether oxygens (including phenoxy) is 1. The topological polar surface area (TPSA) is 64.1 Å². The minimum Gasteiger partial charge on any atom is -0.496 e. The molecule has 6 heteroatoms. The summed E-state index contributed by atoms with van der Waals surface area (Å²) in [4.78, 5) is 3.25. The van der Waals surface area contributed by atoms with Crippen molar-refractivity contribution in [3.63, 3.8) is 0 Å². The van der Waals surface area contributed by atoms with E-state index >= 15 is 0 Å². The molecule has 0 spiro atoms. The fourth-order valence-electron chi connectivity index (χ4n) is 3.16. The molecule has 2 aromatic rings. The fourth-order valence-corrected chi connectivity index (χ4v) is 3.69. The molecule has 0 bridgehead atoms. The van der Waals surface area contributed by atoms with Gasteiger partial charge in [-0.1, -0.05) is 6.08 Å². The van der Waals surface area contributed by atoms with Crippen LogP contribution in [0.3, 0.4) is 0 Å². The van der Waals surface area contributed by atoms with Crippen LogP contribution in [0.2, 0.25) is 0 Å². The molecule has 5 nitrogen and oxygen atoms in total. The lowest BCUT2D eigenvalue weighted by Crippen LogP contribution is -2.35. The molecule has 0 saturated heterocycles. The van der Waals surface area contributed by atoms with E-state index in [0.717, 1.165) is 32.3 Å². The zero-order valence-corrected chi connectivity index (χ0v) is 14.6. The Morgan fingerprint density at radius 1 is 1.42 bits per heavy atom. The minimum absolute atomic E-state index is 0.0489. The average molecular weight is 383 g/mol. The van der Waals surface area contributed by atoms with Gasteiger partial charge < -0.3 is 14.7 Å². The number of rotatable bonds is 3. The molecule has 24 heavy (non-hydrogen) atoms. The summed E-state index contributed by atoms with van der Waals surface area (Å²) in [6, 6.07) is 6.28. The number of nitriles is 1. The summed E-state index contributed by atoms with van der Waals surface area (Å²) < 4.78 is 6.56. The predicted molar refractivity (Wildman–Crippen MR) is 95.9 cm³/mol. The van der Waals surface area contributed by atoms with Crippen molar-refractivity contribution in [3.05, 3.63) is 63.9 Å². The van der Waals surface area contributed by atoms with Crippen molar-refractivity contribution < 1.29 is 4.74 Å². The number of aromatic nitrogens is 1. The number of H-pyrrole nitrogens is 1. The number of nitrogens with one attached hydrogen (secondary N) is 2. The van der Waals surface area contributed by atoms with E-state index in [4.69, 9.17) is 10.00 Å². The highest BCUT2D eigenvalue weighted by Gasteiger charge is 2.24. The van der Waals surface area contributed by atoms with Crippen LogP contribution in [-0.2, 0) is 6.54 Å². The number of hydrazine groups is 1. The van der Waals surface area contributed by atoms with Gasteiger partial charge in [0.15, 0.2) is 0 Å². The third-order valence-electron chi connectivity index (χ3n) is 4.31. The van der Waals surface area contributed by atoms with Crippen LogP contribution in [0.4, 0.5) is 0 Å². The van der Waals surface area contributed by atoms with E-state index in [9.17, 15) is 0 Å². The number of hydrogen-bond acceptors (Lipinski definition) is 4. The van der Waals surface area contributed by atoms with Gasteiger partial charge in [-0.3, -0.25) is 0 Å². The molecular weight excluding hydrogens is 368 g/mol. The predicted octanol–water partition coefficient (Wildman–Crippen LogP) is 3.53. The second-order valence-electron chi connectivity index (χ2n) is 5.74. The van der Waals surface area contributed by atoms with Gasteiger partial charge in [0.05, 0.1) is 31.3 Å². The Balaban J connectivity index is 1.67. The average Bonchev–Trinajstić information content (AvgIpc) is 3.22. The summed E-state index contributed by atoms with van der Waals surface area (Å²) in [6.07, 6.45) is 9.78. The first-order chi connectivity index (χ1) is 11.7. The lowest BCUT2D eigenvalue weighted by molar-refractivity contribution is 0.276. The van der Waals surface area contributed by atoms with E-state index in [1.165, 1.54) is 0 Å². The van der Waals surface area contributed by atoms with Crippen molar-refractivity contribution in [1.82, 2.24) is 15.4 Å². The third kappa shape index (κ3) is 2.42. The first-order valence-corrected chi connectivity index (χ1v) is 8.36. The zero-order chi connectivity index (χ0) is 16.7. The van der Waals surface area contributed by atoms with Gasteiger partial charge in [0, 0.05) is 33.4 Å². The lowest BCUT2D eigenvalue weighted by Gasteiger charge is -2.21. The Hall–Kier alpha value is -2.49. The molecular formula is C18H15BrN4O. The normalized spacial score (nSPS) is 19.0. The van der Waals surface area contributed by atoms with Gasteiger partial charge in [-0.15, -0.1) is 0 Å². The maximum Gasteiger partial charge on any atom is 0.125 e. The highest BCUT2D eigenvalue weighted by Crippen LogP contribution is 2.35. The summed E-state index contributed by atoms with van der Waals surface area (Å²) in [5.41, 5.74) is 7.40. The molecule has 0 saturated carbocycles. The number of hydrogen-bond donors (Lipinski definition) is 2. The van der Waals surface area contributed by atoms with Crippen molar-refractivity contribution in [2.24, 2.45) is 0 Å². The van der Waals surface area contributed by atoms with Crippen LogP contribution in [0.5, 0.6) is 5.75 Å². The monoisotopic (exact) mass is 382 g/mol. The van der Waals surface area contributed by atoms with Gasteiger partial charge in [-0.25, -0.2) is 5.43 Å². The molecule has 1 aliphatic heterocycles. The smallest absolute Gasteiger partial charge is 0.125 e. The van der Waals surface area contributed by atoms with Crippen LogP contribution in [0.1, 0.15) is 5.56 Å². The van der Waals surface area contributed by atoms with E-state index in [1.807, 2.05) is 35.5 Å². The first kappa shape index (κ1) is 15.1. The first-order valence-electron chi connectivity index (χ1n) is 7.56. The fraction of sp³-hybridized carbons (Fsp3) is 0.167. The van der Waals surface area contributed by atoms with Crippen LogP contribution in [0.25, 0.3) is 10.9 Å². The number of methoxy groups -OCH3 is 1. The van der Waals surface area contributed by atoms with E-state index in [-0.39, 0.29) is 6.04 Å². The molecule has 0 amide bonds. The van der Waals surface area contributed by atoms with Crippen LogP contribution < -0.4 is 10.2 Å². The number of nitrogens with zero attached hydrogens (tertiary/aromatic N) is 2. The molecule has 1 aromatic heterocycles. The standard InChI is InChI=1S/C18H15BrN4O/c1-24-17-7-15(19)18-13(4-5-21-18)14(17)10-23-9-12-3-2-11(8-20)6-16(12)22-23/h2-7,9,16,21-22H,10H2,1H3. The maximum atomic E-state index is 9.05. The molecule has 120 valence electrons. The van der Waals surface area contributed by atoms with Crippen molar-refractivity contribution in [2.45, 2.75) is 12.6 Å². The van der Waals surface area contributed by atoms with Gasteiger partial charge >= 0.3 is 0 Å². The number of fused-ring (bicyclic) bond motifs is 2. The van der Waals surface area contributed by atoms with E-state index in [0.29, 0.717) is 12.1 Å². The molecule has 2 heterocycles. The Labute approximate surface area is 148 Å². The van der Waals surface area contributed by atoms with Crippen molar-refractivity contribution in [3.8, 4) is 11.8 Å². The third-order valence-corrected chi connectivity index (χ3v) is 4.94. The molecule has 4 rings (SSSR count). The number of aromatic amines is 1. The Kier molecular flexibility index (Phi) is 3.68. The zero-order valence-electron chi connectivity index (χ0n) is 13.0. The highest BCUT2D eigenvalue weighted by molar-refractivity contribution is 9.10. The van der Waals surface area contributed by atoms with Crippen molar-refractivity contribution >= 4 is 26.8 Å². The van der Waals surface area contributed by atoms with Crippen LogP contribution in [0, 0.1) is 11.3 Å². The van der Waals surface area contributed by atoms with Crippen molar-refractivity contribution in [2.75, 3.05) is 7.11 Å². The lowest BCUT2D eigenvalue weighted by atomic mass is 10.0. The van der Waals surface area contributed by atoms with Gasteiger partial charge in [0.25, 0.3) is 0 Å². The molecule has 1 aromatic carbocycles. The molecule has 2 N–H and O–H groups in total. The van der Waals surface area contributed by atoms with Gasteiger partial charge in [-0.05, 0) is 45.8 Å². The minimum atomic E-state index is 0.0489. The quantitative estimate of drug-likeness (QED) is 0.851. The van der Waals surface area contributed by atoms with Gasteiger partial charge in [0.2, 0.25) is 0 Å². The van der Waals surface area contributed by atoms with Gasteiger partial charge in [-0.2, -0.15) is 5.26 Å². The summed E-state index contributed by atoms with van der Waals surface area (Å²) >= 11 is 3.58. The molecule has 1 atom stereocenters. The van der Waals surface area contributed by atoms with E-state index in [2.05, 4.69) is 44.7 Å². The van der Waals surface area contributed by atoms with Crippen LogP contribution in [0.15, 0.2) is 58.4 Å². The molecule has 2 aliphatic rings. The molecule has 1 unspecified atom stereocenters. The van der Waals surface area contributed by atoms with E-state index in [1.54, 1.807) is 7.11 Å². The highest BCUT2D eigenvalue weighted by atomic mass is 79.9. The van der Waals surface area contributed by atoms with Crippen molar-refractivity contribution in [1.29, 1.82) is 5.26 Å². The SMILES string of the molecule is COc1cc(Br)c2[nH]ccc2c1CN1C=C2C=CC(C#N)=CC2N1. The van der Waals surface area contributed by atoms with Gasteiger partial charge in [0.1, 0.15) is 5.75 Å². The molecule has 1 aliphatic carbocycles. The molecule has 0 radical (unpaired) electrons. The maximum absolute atomic E-state index is 9.05. The summed E-state index contributed by atoms with van der Waals surface area (Å²) in [7, 11) is 1.68. The summed E-state index contributed by atoms with van der Waals surface area (Å²) in [5.74, 6) is 0.841. The number of allylic oxidation sites excluding steroid dienone is 2. The van der Waals surface area contributed by atoms with Crippen LogP contribution >= 0.6 is 15.9 Å². The number of halogens is 1. The Bertz CT molecular complexity index is 948. The Morgan fingerprint density at radius 2 is 2.29 bits per heavy atom.